The average molecular weight is 125 g/mol. The Bertz CT molecular complexity index is 125. The van der Waals surface area contributed by atoms with Crippen molar-refractivity contribution in [1.29, 1.82) is 0 Å². The molecule has 0 saturated carbocycles. The molecule has 0 aliphatic carbocycles. The second-order valence-electron chi connectivity index (χ2n) is 2.82. The third-order valence-electron chi connectivity index (χ3n) is 1.97. The molecule has 2 heterocycles. The van der Waals surface area contributed by atoms with Gasteiger partial charge in [-0.2, -0.15) is 10.2 Å². The molecular formula is C6H11N3. The first-order valence-corrected chi connectivity index (χ1v) is 3.56. The number of nitrogens with zero attached hydrogens (tertiary/aromatic N) is 2. The van der Waals surface area contributed by atoms with Crippen LogP contribution >= 0.6 is 0 Å². The first-order valence-electron chi connectivity index (χ1n) is 3.56. The van der Waals surface area contributed by atoms with Crippen molar-refractivity contribution in [2.75, 3.05) is 13.1 Å². The van der Waals surface area contributed by atoms with Crippen LogP contribution in [0.1, 0.15) is 19.3 Å². The van der Waals surface area contributed by atoms with Crippen LogP contribution in [0.4, 0.5) is 0 Å². The maximum atomic E-state index is 4.02. The molecule has 0 aromatic heterocycles. The zero-order chi connectivity index (χ0) is 6.16. The van der Waals surface area contributed by atoms with Gasteiger partial charge in [-0.3, -0.25) is 0 Å². The van der Waals surface area contributed by atoms with E-state index in [1.807, 2.05) is 0 Å². The Morgan fingerprint density at radius 1 is 1.22 bits per heavy atom. The fourth-order valence-electron chi connectivity index (χ4n) is 1.28. The highest BCUT2D eigenvalue weighted by molar-refractivity contribution is 4.96. The Kier molecular flexibility index (Phi) is 1.05. The highest BCUT2D eigenvalue weighted by atomic mass is 15.5. The fourth-order valence-corrected chi connectivity index (χ4v) is 1.28. The van der Waals surface area contributed by atoms with Crippen LogP contribution < -0.4 is 5.32 Å². The monoisotopic (exact) mass is 125 g/mol. The Morgan fingerprint density at radius 2 is 2.11 bits per heavy atom. The van der Waals surface area contributed by atoms with E-state index in [0.29, 0.717) is 0 Å². The van der Waals surface area contributed by atoms with Crippen molar-refractivity contribution in [2.45, 2.75) is 24.9 Å². The predicted molar refractivity (Wildman–Crippen MR) is 34.3 cm³/mol. The van der Waals surface area contributed by atoms with Gasteiger partial charge in [-0.05, 0) is 25.8 Å². The molecule has 1 spiro atoms. The number of hydrogen-bond acceptors (Lipinski definition) is 3. The molecule has 3 nitrogen and oxygen atoms in total. The van der Waals surface area contributed by atoms with Gasteiger partial charge >= 0.3 is 0 Å². The number of hydrogen-bond donors (Lipinski definition) is 1. The van der Waals surface area contributed by atoms with Gasteiger partial charge < -0.3 is 5.32 Å². The summed E-state index contributed by atoms with van der Waals surface area (Å²) in [4.78, 5) is 0. The standard InChI is InChI=1S/C6H11N3/c1-2-4-7-5-6(3-1)8-9-6/h7H,1-5H2. The maximum absolute atomic E-state index is 4.02. The van der Waals surface area contributed by atoms with Crippen molar-refractivity contribution in [3.8, 4) is 0 Å². The van der Waals surface area contributed by atoms with Crippen molar-refractivity contribution in [2.24, 2.45) is 10.2 Å². The molecule has 1 N–H and O–H groups in total. The largest absolute Gasteiger partial charge is 0.312 e. The molecule has 2 aliphatic rings. The third kappa shape index (κ3) is 0.965. The van der Waals surface area contributed by atoms with E-state index in [0.717, 1.165) is 13.1 Å². The van der Waals surface area contributed by atoms with Gasteiger partial charge in [-0.15, -0.1) is 0 Å². The molecule has 2 aliphatic heterocycles. The van der Waals surface area contributed by atoms with E-state index in [-0.39, 0.29) is 5.66 Å². The van der Waals surface area contributed by atoms with Gasteiger partial charge in [-0.1, -0.05) is 0 Å². The highest BCUT2D eigenvalue weighted by Gasteiger charge is 2.39. The molecule has 0 unspecified atom stereocenters. The lowest BCUT2D eigenvalue weighted by molar-refractivity contribution is 0.538. The van der Waals surface area contributed by atoms with E-state index in [1.54, 1.807) is 0 Å². The normalized spacial score (nSPS) is 30.2. The van der Waals surface area contributed by atoms with Crippen LogP contribution in [-0.2, 0) is 0 Å². The molecule has 0 atom stereocenters. The molecule has 0 radical (unpaired) electrons. The van der Waals surface area contributed by atoms with Gasteiger partial charge in [-0.25, -0.2) is 0 Å². The minimum Gasteiger partial charge on any atom is -0.312 e. The molecular weight excluding hydrogens is 114 g/mol. The van der Waals surface area contributed by atoms with E-state index in [9.17, 15) is 0 Å². The van der Waals surface area contributed by atoms with E-state index in [4.69, 9.17) is 0 Å². The van der Waals surface area contributed by atoms with E-state index < -0.39 is 0 Å². The van der Waals surface area contributed by atoms with Crippen molar-refractivity contribution in [3.63, 3.8) is 0 Å². The van der Waals surface area contributed by atoms with Gasteiger partial charge in [0.25, 0.3) is 0 Å². The van der Waals surface area contributed by atoms with Gasteiger partial charge in [0.15, 0.2) is 0 Å². The molecule has 0 aromatic rings. The molecule has 1 saturated heterocycles. The number of rotatable bonds is 0. The van der Waals surface area contributed by atoms with Crippen molar-refractivity contribution < 1.29 is 0 Å². The summed E-state index contributed by atoms with van der Waals surface area (Å²) in [5, 5.41) is 11.3. The van der Waals surface area contributed by atoms with Gasteiger partial charge in [0, 0.05) is 6.54 Å². The van der Waals surface area contributed by atoms with Crippen molar-refractivity contribution in [1.82, 2.24) is 5.32 Å². The summed E-state index contributed by atoms with van der Waals surface area (Å²) in [7, 11) is 0. The van der Waals surface area contributed by atoms with Gasteiger partial charge in [0.1, 0.15) is 0 Å². The Balaban J connectivity index is 1.93. The molecule has 9 heavy (non-hydrogen) atoms. The quantitative estimate of drug-likeness (QED) is 0.513. The van der Waals surface area contributed by atoms with Gasteiger partial charge in [0.05, 0.1) is 0 Å². The Hall–Kier alpha value is -0.440. The van der Waals surface area contributed by atoms with Crippen molar-refractivity contribution in [3.05, 3.63) is 0 Å². The molecule has 3 heteroatoms. The van der Waals surface area contributed by atoms with E-state index >= 15 is 0 Å². The lowest BCUT2D eigenvalue weighted by atomic mass is 10.1. The first kappa shape index (κ1) is 5.35. The summed E-state index contributed by atoms with van der Waals surface area (Å²) in [5.41, 5.74) is 0.0521. The lowest BCUT2D eigenvalue weighted by Gasteiger charge is -2.03. The van der Waals surface area contributed by atoms with Crippen LogP contribution in [0.25, 0.3) is 0 Å². The second-order valence-corrected chi connectivity index (χ2v) is 2.82. The zero-order valence-corrected chi connectivity index (χ0v) is 5.43. The molecule has 0 aromatic carbocycles. The average Bonchev–Trinajstić information content (AvgIpc) is 2.64. The summed E-state index contributed by atoms with van der Waals surface area (Å²) in [6, 6.07) is 0. The topological polar surface area (TPSA) is 36.8 Å². The summed E-state index contributed by atoms with van der Waals surface area (Å²) in [5.74, 6) is 0. The first-order chi connectivity index (χ1) is 4.41. The minimum absolute atomic E-state index is 0.0521. The fraction of sp³-hybridized carbons (Fsp3) is 1.00. The van der Waals surface area contributed by atoms with Crippen LogP contribution in [0.2, 0.25) is 0 Å². The summed E-state index contributed by atoms with van der Waals surface area (Å²) < 4.78 is 0. The van der Waals surface area contributed by atoms with E-state index in [1.165, 1.54) is 19.3 Å². The highest BCUT2D eigenvalue weighted by Crippen LogP contribution is 2.33. The van der Waals surface area contributed by atoms with Crippen LogP contribution in [0.5, 0.6) is 0 Å². The summed E-state index contributed by atoms with van der Waals surface area (Å²) in [6.45, 7) is 2.12. The van der Waals surface area contributed by atoms with Crippen LogP contribution in [0.3, 0.4) is 0 Å². The maximum Gasteiger partial charge on any atom is 0.203 e. The van der Waals surface area contributed by atoms with Crippen LogP contribution in [0, 0.1) is 0 Å². The second kappa shape index (κ2) is 1.77. The van der Waals surface area contributed by atoms with Crippen molar-refractivity contribution >= 4 is 0 Å². The lowest BCUT2D eigenvalue weighted by Crippen LogP contribution is -2.26. The Labute approximate surface area is 54.5 Å². The van der Waals surface area contributed by atoms with Crippen LogP contribution in [-0.4, -0.2) is 18.8 Å². The molecule has 1 fully saturated rings. The SMILES string of the molecule is C1CCC2(CNC1)N=N2. The summed E-state index contributed by atoms with van der Waals surface area (Å²) in [6.07, 6.45) is 3.73. The molecule has 2 rings (SSSR count). The predicted octanol–water partition coefficient (Wildman–Crippen LogP) is 0.922. The molecule has 0 bridgehead atoms. The zero-order valence-electron chi connectivity index (χ0n) is 5.43. The number of nitrogens with one attached hydrogen (secondary N) is 1. The smallest absolute Gasteiger partial charge is 0.203 e. The summed E-state index contributed by atoms with van der Waals surface area (Å²) >= 11 is 0. The minimum atomic E-state index is 0.0521. The van der Waals surface area contributed by atoms with Crippen LogP contribution in [0.15, 0.2) is 10.2 Å². The van der Waals surface area contributed by atoms with Gasteiger partial charge in [0.2, 0.25) is 5.66 Å². The molecule has 50 valence electrons. The molecule has 0 amide bonds. The third-order valence-corrected chi connectivity index (χ3v) is 1.97. The van der Waals surface area contributed by atoms with E-state index in [2.05, 4.69) is 15.5 Å². The Morgan fingerprint density at radius 3 is 2.89 bits per heavy atom.